The van der Waals surface area contributed by atoms with Crippen LogP contribution in [0.2, 0.25) is 5.02 Å². The van der Waals surface area contributed by atoms with Crippen LogP contribution in [0.15, 0.2) is 18.2 Å². The number of hydrogen-bond acceptors (Lipinski definition) is 7. The van der Waals surface area contributed by atoms with Crippen molar-refractivity contribution in [2.24, 2.45) is 5.92 Å². The monoisotopic (exact) mass is 425 g/mol. The summed E-state index contributed by atoms with van der Waals surface area (Å²) < 4.78 is 0. The van der Waals surface area contributed by atoms with Crippen molar-refractivity contribution in [3.8, 4) is 0 Å². The first-order valence-electron chi connectivity index (χ1n) is 8.61. The molecule has 1 aromatic heterocycles. The van der Waals surface area contributed by atoms with Crippen molar-refractivity contribution < 1.29 is 14.5 Å². The van der Waals surface area contributed by atoms with Gasteiger partial charge in [0.1, 0.15) is 11.0 Å². The molecule has 2 N–H and O–H groups in total. The topological polar surface area (TPSA) is 127 Å². The first-order valence-corrected chi connectivity index (χ1v) is 9.80. The minimum Gasteiger partial charge on any atom is -0.340 e. The van der Waals surface area contributed by atoms with E-state index in [0.29, 0.717) is 5.13 Å². The number of carbonyl (C=O) groups is 2. The van der Waals surface area contributed by atoms with Gasteiger partial charge in [-0.1, -0.05) is 43.7 Å². The van der Waals surface area contributed by atoms with Gasteiger partial charge < -0.3 is 5.32 Å². The molecule has 0 aliphatic heterocycles. The van der Waals surface area contributed by atoms with Gasteiger partial charge in [0.25, 0.3) is 11.6 Å². The normalized spacial score (nSPS) is 11.9. The highest BCUT2D eigenvalue weighted by atomic mass is 35.5. The number of carbonyl (C=O) groups excluding carboxylic acids is 2. The highest BCUT2D eigenvalue weighted by molar-refractivity contribution is 7.15. The fourth-order valence-electron chi connectivity index (χ4n) is 2.36. The highest BCUT2D eigenvalue weighted by Gasteiger charge is 2.27. The van der Waals surface area contributed by atoms with E-state index < -0.39 is 22.8 Å². The van der Waals surface area contributed by atoms with E-state index in [4.69, 9.17) is 11.6 Å². The molecule has 11 heteroatoms. The largest absolute Gasteiger partial charge is 0.340 e. The number of nitro benzene ring substituents is 1. The Morgan fingerprint density at radius 1 is 1.32 bits per heavy atom. The Morgan fingerprint density at radius 3 is 2.61 bits per heavy atom. The van der Waals surface area contributed by atoms with Crippen LogP contribution in [0.1, 0.15) is 42.6 Å². The third-order valence-corrected chi connectivity index (χ3v) is 5.02. The zero-order chi connectivity index (χ0) is 20.8. The number of aromatic nitrogens is 2. The van der Waals surface area contributed by atoms with Crippen LogP contribution in [-0.2, 0) is 11.2 Å². The number of nitrogens with zero attached hydrogens (tertiary/aromatic N) is 3. The minimum absolute atomic E-state index is 0.0480. The highest BCUT2D eigenvalue weighted by Crippen LogP contribution is 2.23. The van der Waals surface area contributed by atoms with Gasteiger partial charge in [-0.3, -0.25) is 25.0 Å². The summed E-state index contributed by atoms with van der Waals surface area (Å²) in [6.45, 7) is 5.59. The minimum atomic E-state index is -0.850. The molecule has 28 heavy (non-hydrogen) atoms. The van der Waals surface area contributed by atoms with Gasteiger partial charge in [0, 0.05) is 18.6 Å². The number of benzene rings is 1. The lowest BCUT2D eigenvalue weighted by molar-refractivity contribution is -0.384. The predicted octanol–water partition coefficient (Wildman–Crippen LogP) is 3.45. The van der Waals surface area contributed by atoms with E-state index >= 15 is 0 Å². The SMILES string of the molecule is CCCc1nnc(NC(=O)C(NC(=O)c2ccc([N+](=O)[O-])cc2Cl)C(C)C)s1. The zero-order valence-corrected chi connectivity index (χ0v) is 17.1. The van der Waals surface area contributed by atoms with E-state index in [9.17, 15) is 19.7 Å². The molecule has 1 unspecified atom stereocenters. The Labute approximate surface area is 170 Å². The van der Waals surface area contributed by atoms with E-state index in [2.05, 4.69) is 20.8 Å². The molecule has 9 nitrogen and oxygen atoms in total. The number of hydrogen-bond donors (Lipinski definition) is 2. The number of amides is 2. The maximum atomic E-state index is 12.6. The number of rotatable bonds is 8. The first-order chi connectivity index (χ1) is 13.2. The van der Waals surface area contributed by atoms with Crippen molar-refractivity contribution in [2.45, 2.75) is 39.7 Å². The van der Waals surface area contributed by atoms with Crippen molar-refractivity contribution in [3.05, 3.63) is 43.9 Å². The molecule has 1 heterocycles. The van der Waals surface area contributed by atoms with Gasteiger partial charge in [-0.05, 0) is 18.4 Å². The fraction of sp³-hybridized carbons (Fsp3) is 0.412. The lowest BCUT2D eigenvalue weighted by Crippen LogP contribution is -2.47. The molecule has 1 aromatic carbocycles. The lowest BCUT2D eigenvalue weighted by Gasteiger charge is -2.21. The van der Waals surface area contributed by atoms with Gasteiger partial charge in [0.15, 0.2) is 0 Å². The van der Waals surface area contributed by atoms with Gasteiger partial charge in [-0.15, -0.1) is 10.2 Å². The third-order valence-electron chi connectivity index (χ3n) is 3.80. The standard InChI is InChI=1S/C17H20ClN5O4S/c1-4-5-13-21-22-17(28-13)20-16(25)14(9(2)3)19-15(24)11-7-6-10(23(26)27)8-12(11)18/h6-9,14H,4-5H2,1-3H3,(H,19,24)(H,20,22,25). The van der Waals surface area contributed by atoms with E-state index in [-0.39, 0.29) is 22.2 Å². The number of anilines is 1. The molecule has 0 aliphatic rings. The predicted molar refractivity (Wildman–Crippen MR) is 107 cm³/mol. The summed E-state index contributed by atoms with van der Waals surface area (Å²) in [7, 11) is 0. The summed E-state index contributed by atoms with van der Waals surface area (Å²) in [6.07, 6.45) is 1.69. The molecule has 150 valence electrons. The molecule has 0 fully saturated rings. The average molecular weight is 426 g/mol. The van der Waals surface area contributed by atoms with Gasteiger partial charge in [0.05, 0.1) is 15.5 Å². The van der Waals surface area contributed by atoms with Crippen LogP contribution < -0.4 is 10.6 Å². The van der Waals surface area contributed by atoms with Crippen LogP contribution in [0, 0.1) is 16.0 Å². The summed E-state index contributed by atoms with van der Waals surface area (Å²) in [5.74, 6) is -1.25. The van der Waals surface area contributed by atoms with Crippen LogP contribution in [-0.4, -0.2) is 33.0 Å². The quantitative estimate of drug-likeness (QED) is 0.492. The van der Waals surface area contributed by atoms with E-state index in [1.54, 1.807) is 13.8 Å². The number of nitro groups is 1. The first kappa shape index (κ1) is 21.7. The second-order valence-corrected chi connectivity index (χ2v) is 7.83. The second-order valence-electron chi connectivity index (χ2n) is 6.36. The molecule has 2 rings (SSSR count). The van der Waals surface area contributed by atoms with Crippen LogP contribution in [0.3, 0.4) is 0 Å². The van der Waals surface area contributed by atoms with Gasteiger partial charge in [0.2, 0.25) is 11.0 Å². The Morgan fingerprint density at radius 2 is 2.04 bits per heavy atom. The molecule has 1 atom stereocenters. The Balaban J connectivity index is 2.11. The molecular formula is C17H20ClN5O4S. The van der Waals surface area contributed by atoms with E-state index in [0.717, 1.165) is 23.9 Å². The molecule has 0 bridgehead atoms. The van der Waals surface area contributed by atoms with Crippen LogP contribution >= 0.6 is 22.9 Å². The number of non-ortho nitro benzene ring substituents is 1. The molecule has 0 spiro atoms. The van der Waals surface area contributed by atoms with E-state index in [1.807, 2.05) is 6.92 Å². The zero-order valence-electron chi connectivity index (χ0n) is 15.6. The number of halogens is 1. The summed E-state index contributed by atoms with van der Waals surface area (Å²) in [4.78, 5) is 35.3. The van der Waals surface area contributed by atoms with E-state index in [1.165, 1.54) is 23.5 Å². The summed E-state index contributed by atoms with van der Waals surface area (Å²) in [6, 6.07) is 2.68. The number of aryl methyl sites for hydroxylation is 1. The van der Waals surface area contributed by atoms with Gasteiger partial charge in [-0.2, -0.15) is 0 Å². The smallest absolute Gasteiger partial charge is 0.270 e. The van der Waals surface area contributed by atoms with Crippen molar-refractivity contribution in [3.63, 3.8) is 0 Å². The Bertz CT molecular complexity index is 886. The third kappa shape index (κ3) is 5.46. The van der Waals surface area contributed by atoms with Crippen LogP contribution in [0.25, 0.3) is 0 Å². The summed E-state index contributed by atoms with van der Waals surface area (Å²) >= 11 is 7.28. The fourth-order valence-corrected chi connectivity index (χ4v) is 3.46. The van der Waals surface area contributed by atoms with Crippen molar-refractivity contribution in [1.29, 1.82) is 0 Å². The van der Waals surface area contributed by atoms with Crippen molar-refractivity contribution >= 4 is 45.6 Å². The number of nitrogens with one attached hydrogen (secondary N) is 2. The van der Waals surface area contributed by atoms with Crippen LogP contribution in [0.4, 0.5) is 10.8 Å². The van der Waals surface area contributed by atoms with Gasteiger partial charge in [-0.25, -0.2) is 0 Å². The second kappa shape index (κ2) is 9.56. The van der Waals surface area contributed by atoms with Crippen molar-refractivity contribution in [1.82, 2.24) is 15.5 Å². The Kier molecular flexibility index (Phi) is 7.41. The molecule has 2 aromatic rings. The lowest BCUT2D eigenvalue weighted by atomic mass is 10.0. The molecule has 0 radical (unpaired) electrons. The van der Waals surface area contributed by atoms with Gasteiger partial charge >= 0.3 is 0 Å². The molecule has 0 saturated heterocycles. The summed E-state index contributed by atoms with van der Waals surface area (Å²) in [5.41, 5.74) is -0.175. The molecular weight excluding hydrogens is 406 g/mol. The maximum absolute atomic E-state index is 12.6. The molecule has 0 aliphatic carbocycles. The average Bonchev–Trinajstić information content (AvgIpc) is 3.06. The molecule has 0 saturated carbocycles. The maximum Gasteiger partial charge on any atom is 0.270 e. The summed E-state index contributed by atoms with van der Waals surface area (Å²) in [5, 5.41) is 25.1. The Hall–Kier alpha value is -2.59. The van der Waals surface area contributed by atoms with Crippen LogP contribution in [0.5, 0.6) is 0 Å². The molecule has 2 amide bonds. The van der Waals surface area contributed by atoms with Crippen molar-refractivity contribution in [2.75, 3.05) is 5.32 Å².